The quantitative estimate of drug-likeness (QED) is 0.271. The van der Waals surface area contributed by atoms with E-state index in [0.29, 0.717) is 28.2 Å². The lowest BCUT2D eigenvalue weighted by Gasteiger charge is -2.26. The molecule has 2 N–H and O–H groups in total. The van der Waals surface area contributed by atoms with Crippen LogP contribution in [0.5, 0.6) is 5.75 Å². The summed E-state index contributed by atoms with van der Waals surface area (Å²) < 4.78 is 5.60. The SMILES string of the molecule is CCCCCCC(C)(C)c1cc(O)c2c(c1)oc(=O)c1ccc(CCCO)cc12. The van der Waals surface area contributed by atoms with Crippen LogP contribution in [0.15, 0.2) is 39.5 Å². The lowest BCUT2D eigenvalue weighted by Crippen LogP contribution is -2.17. The fourth-order valence-electron chi connectivity index (χ4n) is 4.05. The van der Waals surface area contributed by atoms with Gasteiger partial charge in [0.25, 0.3) is 0 Å². The molecule has 2 aromatic carbocycles. The zero-order chi connectivity index (χ0) is 21.0. The molecule has 0 unspecified atom stereocenters. The van der Waals surface area contributed by atoms with Gasteiger partial charge < -0.3 is 14.6 Å². The van der Waals surface area contributed by atoms with Gasteiger partial charge in [-0.05, 0) is 54.0 Å². The molecule has 0 saturated heterocycles. The number of phenols is 1. The van der Waals surface area contributed by atoms with Crippen molar-refractivity contribution in [1.29, 1.82) is 0 Å². The summed E-state index contributed by atoms with van der Waals surface area (Å²) in [6, 6.07) is 9.29. The minimum atomic E-state index is -0.390. The topological polar surface area (TPSA) is 70.7 Å². The van der Waals surface area contributed by atoms with E-state index < -0.39 is 5.63 Å². The highest BCUT2D eigenvalue weighted by atomic mass is 16.4. The summed E-state index contributed by atoms with van der Waals surface area (Å²) in [5.41, 5.74) is 1.93. The number of fused-ring (bicyclic) bond motifs is 3. The lowest BCUT2D eigenvalue weighted by molar-refractivity contribution is 0.288. The van der Waals surface area contributed by atoms with E-state index in [0.717, 1.165) is 30.4 Å². The number of aryl methyl sites for hydroxylation is 1. The van der Waals surface area contributed by atoms with Gasteiger partial charge in [0.05, 0.1) is 10.8 Å². The molecule has 156 valence electrons. The molecule has 29 heavy (non-hydrogen) atoms. The van der Waals surface area contributed by atoms with Crippen molar-refractivity contribution in [3.8, 4) is 5.75 Å². The molecule has 0 saturated carbocycles. The van der Waals surface area contributed by atoms with Gasteiger partial charge in [-0.1, -0.05) is 58.6 Å². The van der Waals surface area contributed by atoms with Crippen LogP contribution in [-0.4, -0.2) is 16.8 Å². The van der Waals surface area contributed by atoms with Gasteiger partial charge in [0, 0.05) is 12.0 Å². The largest absolute Gasteiger partial charge is 0.507 e. The molecule has 4 nitrogen and oxygen atoms in total. The van der Waals surface area contributed by atoms with E-state index in [4.69, 9.17) is 9.52 Å². The maximum atomic E-state index is 12.5. The van der Waals surface area contributed by atoms with Gasteiger partial charge in [-0.3, -0.25) is 0 Å². The van der Waals surface area contributed by atoms with Crippen molar-refractivity contribution in [3.05, 3.63) is 51.9 Å². The lowest BCUT2D eigenvalue weighted by atomic mass is 9.79. The van der Waals surface area contributed by atoms with Crippen LogP contribution in [0, 0.1) is 0 Å². The van der Waals surface area contributed by atoms with Crippen molar-refractivity contribution in [2.75, 3.05) is 6.61 Å². The second kappa shape index (κ2) is 9.00. The molecule has 1 heterocycles. The third kappa shape index (κ3) is 4.64. The summed E-state index contributed by atoms with van der Waals surface area (Å²) >= 11 is 0. The van der Waals surface area contributed by atoms with E-state index in [-0.39, 0.29) is 17.8 Å². The van der Waals surface area contributed by atoms with Crippen molar-refractivity contribution in [2.24, 2.45) is 0 Å². The molecule has 0 aliphatic heterocycles. The predicted molar refractivity (Wildman–Crippen MR) is 119 cm³/mol. The Balaban J connectivity index is 2.07. The summed E-state index contributed by atoms with van der Waals surface area (Å²) in [5.74, 6) is 0.146. The minimum absolute atomic E-state index is 0.115. The molecule has 0 aliphatic carbocycles. The van der Waals surface area contributed by atoms with Gasteiger partial charge in [0.2, 0.25) is 0 Å². The Labute approximate surface area is 172 Å². The van der Waals surface area contributed by atoms with E-state index in [1.54, 1.807) is 6.07 Å². The predicted octanol–water partition coefficient (Wildman–Crippen LogP) is 5.82. The molecule has 1 aromatic heterocycles. The van der Waals surface area contributed by atoms with Gasteiger partial charge in [0.1, 0.15) is 11.3 Å². The summed E-state index contributed by atoms with van der Waals surface area (Å²) in [6.07, 6.45) is 7.17. The Morgan fingerprint density at radius 2 is 1.79 bits per heavy atom. The maximum absolute atomic E-state index is 12.5. The van der Waals surface area contributed by atoms with Crippen LogP contribution < -0.4 is 5.63 Å². The monoisotopic (exact) mass is 396 g/mol. The Bertz CT molecular complexity index is 1050. The summed E-state index contributed by atoms with van der Waals surface area (Å²) in [4.78, 5) is 12.5. The highest BCUT2D eigenvalue weighted by molar-refractivity contribution is 6.07. The minimum Gasteiger partial charge on any atom is -0.507 e. The molecule has 3 rings (SSSR count). The van der Waals surface area contributed by atoms with Crippen LogP contribution in [0.4, 0.5) is 0 Å². The van der Waals surface area contributed by atoms with E-state index in [1.165, 1.54) is 19.3 Å². The Kier molecular flexibility index (Phi) is 6.63. The average molecular weight is 397 g/mol. The van der Waals surface area contributed by atoms with E-state index in [9.17, 15) is 9.90 Å². The second-order valence-electron chi connectivity index (χ2n) is 8.66. The number of rotatable bonds is 9. The first-order valence-corrected chi connectivity index (χ1v) is 10.7. The summed E-state index contributed by atoms with van der Waals surface area (Å²) in [6.45, 7) is 6.67. The van der Waals surface area contributed by atoms with Crippen molar-refractivity contribution in [2.45, 2.75) is 71.1 Å². The molecule has 0 amide bonds. The first kappa shape index (κ1) is 21.4. The molecule has 3 aromatic rings. The molecule has 0 atom stereocenters. The third-order valence-corrected chi connectivity index (χ3v) is 5.92. The molecule has 0 bridgehead atoms. The van der Waals surface area contributed by atoms with Crippen LogP contribution in [0.25, 0.3) is 21.7 Å². The summed E-state index contributed by atoms with van der Waals surface area (Å²) in [7, 11) is 0. The average Bonchev–Trinajstić information content (AvgIpc) is 2.69. The molecule has 4 heteroatoms. The van der Waals surface area contributed by atoms with Crippen molar-refractivity contribution >= 4 is 21.7 Å². The van der Waals surface area contributed by atoms with Crippen molar-refractivity contribution < 1.29 is 14.6 Å². The maximum Gasteiger partial charge on any atom is 0.344 e. The number of benzene rings is 2. The number of aliphatic hydroxyl groups excluding tert-OH is 1. The van der Waals surface area contributed by atoms with E-state index >= 15 is 0 Å². The van der Waals surface area contributed by atoms with Crippen LogP contribution >= 0.6 is 0 Å². The standard InChI is InChI=1S/C25H32O4/c1-4-5-6-7-12-25(2,3)18-15-21(27)23-20-14-17(9-8-13-26)10-11-19(20)24(28)29-22(23)16-18/h10-11,14-16,26-27H,4-9,12-13H2,1-3H3. The highest BCUT2D eigenvalue weighted by Crippen LogP contribution is 2.38. The first-order chi connectivity index (χ1) is 13.9. The smallest absolute Gasteiger partial charge is 0.344 e. The van der Waals surface area contributed by atoms with Gasteiger partial charge in [-0.2, -0.15) is 0 Å². The number of phenolic OH excluding ortho intramolecular Hbond substituents is 1. The fraction of sp³-hybridized carbons (Fsp3) is 0.480. The Hall–Kier alpha value is -2.33. The van der Waals surface area contributed by atoms with Crippen LogP contribution in [-0.2, 0) is 11.8 Å². The molecule has 0 fully saturated rings. The third-order valence-electron chi connectivity index (χ3n) is 5.92. The molecule has 0 spiro atoms. The van der Waals surface area contributed by atoms with E-state index in [1.807, 2.05) is 24.3 Å². The number of aliphatic hydroxyl groups is 1. The van der Waals surface area contributed by atoms with Crippen molar-refractivity contribution in [3.63, 3.8) is 0 Å². The fourth-order valence-corrected chi connectivity index (χ4v) is 4.05. The number of unbranched alkanes of at least 4 members (excludes halogenated alkanes) is 3. The van der Waals surface area contributed by atoms with Gasteiger partial charge in [-0.25, -0.2) is 4.79 Å². The van der Waals surface area contributed by atoms with Crippen LogP contribution in [0.1, 0.15) is 70.4 Å². The highest BCUT2D eigenvalue weighted by Gasteiger charge is 2.23. The Morgan fingerprint density at radius 3 is 2.52 bits per heavy atom. The molecule has 0 radical (unpaired) electrons. The normalized spacial score (nSPS) is 12.1. The van der Waals surface area contributed by atoms with Crippen molar-refractivity contribution in [1.82, 2.24) is 0 Å². The number of hydrogen-bond donors (Lipinski definition) is 2. The molecular weight excluding hydrogens is 364 g/mol. The van der Waals surface area contributed by atoms with Crippen LogP contribution in [0.3, 0.4) is 0 Å². The first-order valence-electron chi connectivity index (χ1n) is 10.7. The van der Waals surface area contributed by atoms with Gasteiger partial charge in [0.15, 0.2) is 0 Å². The summed E-state index contributed by atoms with van der Waals surface area (Å²) in [5, 5.41) is 21.7. The molecular formula is C25H32O4. The molecule has 0 aliphatic rings. The van der Waals surface area contributed by atoms with E-state index in [2.05, 4.69) is 20.8 Å². The zero-order valence-electron chi connectivity index (χ0n) is 17.8. The van der Waals surface area contributed by atoms with Gasteiger partial charge in [-0.15, -0.1) is 0 Å². The second-order valence-corrected chi connectivity index (χ2v) is 8.66. The van der Waals surface area contributed by atoms with Crippen LogP contribution in [0.2, 0.25) is 0 Å². The number of hydrogen-bond acceptors (Lipinski definition) is 4. The zero-order valence-corrected chi connectivity index (χ0v) is 17.8. The number of aromatic hydroxyl groups is 1. The van der Waals surface area contributed by atoms with Gasteiger partial charge >= 0.3 is 5.63 Å². The Morgan fingerprint density at radius 1 is 1.00 bits per heavy atom.